The van der Waals surface area contributed by atoms with E-state index in [1.165, 1.54) is 5.56 Å². The molecule has 0 radical (unpaired) electrons. The van der Waals surface area contributed by atoms with Crippen LogP contribution in [0.25, 0.3) is 0 Å². The van der Waals surface area contributed by atoms with Gasteiger partial charge in [-0.2, -0.15) is 0 Å². The van der Waals surface area contributed by atoms with Gasteiger partial charge in [-0.15, -0.1) is 0 Å². The molecule has 2 aromatic rings. The van der Waals surface area contributed by atoms with Crippen LogP contribution < -0.4 is 9.47 Å². The molecular formula is C15H14O2. The van der Waals surface area contributed by atoms with E-state index in [0.29, 0.717) is 6.61 Å². The van der Waals surface area contributed by atoms with Crippen molar-refractivity contribution >= 4 is 0 Å². The zero-order chi connectivity index (χ0) is 11.7. The summed E-state index contributed by atoms with van der Waals surface area (Å²) < 4.78 is 11.7. The third-order valence-electron chi connectivity index (χ3n) is 2.93. The Balaban J connectivity index is 1.90. The van der Waals surface area contributed by atoms with Crippen LogP contribution in [0.15, 0.2) is 48.5 Å². The van der Waals surface area contributed by atoms with E-state index >= 15 is 0 Å². The molecule has 0 saturated carbocycles. The summed E-state index contributed by atoms with van der Waals surface area (Å²) in [7, 11) is 0. The van der Waals surface area contributed by atoms with E-state index in [1.807, 2.05) is 36.4 Å². The van der Waals surface area contributed by atoms with Crippen molar-refractivity contribution in [2.45, 2.75) is 13.0 Å². The molecule has 86 valence electrons. The van der Waals surface area contributed by atoms with Crippen LogP contribution in [0.4, 0.5) is 0 Å². The molecule has 2 heteroatoms. The molecule has 0 amide bonds. The zero-order valence-electron chi connectivity index (χ0n) is 9.72. The van der Waals surface area contributed by atoms with Crippen LogP contribution in [-0.2, 0) is 0 Å². The first-order valence-electron chi connectivity index (χ1n) is 5.78. The molecule has 2 nitrogen and oxygen atoms in total. The predicted octanol–water partition coefficient (Wildman–Crippen LogP) is 3.51. The van der Waals surface area contributed by atoms with Crippen LogP contribution in [0.1, 0.15) is 17.2 Å². The van der Waals surface area contributed by atoms with Gasteiger partial charge in [-0.1, -0.05) is 36.4 Å². The maximum Gasteiger partial charge on any atom is 0.162 e. The highest BCUT2D eigenvalue weighted by Crippen LogP contribution is 2.36. The smallest absolute Gasteiger partial charge is 0.162 e. The third-order valence-corrected chi connectivity index (χ3v) is 2.93. The lowest BCUT2D eigenvalue weighted by Gasteiger charge is -2.27. The van der Waals surface area contributed by atoms with Crippen LogP contribution in [0.5, 0.6) is 11.5 Å². The van der Waals surface area contributed by atoms with E-state index in [2.05, 4.69) is 19.1 Å². The van der Waals surface area contributed by atoms with Gasteiger partial charge in [0.15, 0.2) is 17.6 Å². The summed E-state index contributed by atoms with van der Waals surface area (Å²) in [5.74, 6) is 1.67. The number of aryl methyl sites for hydroxylation is 1. The van der Waals surface area contributed by atoms with Crippen LogP contribution in [0.2, 0.25) is 0 Å². The minimum absolute atomic E-state index is 0.00880. The van der Waals surface area contributed by atoms with Gasteiger partial charge in [0.25, 0.3) is 0 Å². The second-order valence-corrected chi connectivity index (χ2v) is 4.28. The summed E-state index contributed by atoms with van der Waals surface area (Å²) in [6.07, 6.45) is -0.00880. The predicted molar refractivity (Wildman–Crippen MR) is 66.5 cm³/mol. The number of hydrogen-bond donors (Lipinski definition) is 0. The second kappa shape index (κ2) is 4.13. The molecule has 1 atom stereocenters. The highest BCUT2D eigenvalue weighted by Gasteiger charge is 2.22. The van der Waals surface area contributed by atoms with Crippen molar-refractivity contribution in [2.75, 3.05) is 6.61 Å². The second-order valence-electron chi connectivity index (χ2n) is 4.28. The summed E-state index contributed by atoms with van der Waals surface area (Å²) in [4.78, 5) is 0. The van der Waals surface area contributed by atoms with Crippen molar-refractivity contribution in [3.63, 3.8) is 0 Å². The van der Waals surface area contributed by atoms with E-state index in [1.54, 1.807) is 0 Å². The molecule has 0 bridgehead atoms. The zero-order valence-corrected chi connectivity index (χ0v) is 9.72. The lowest BCUT2D eigenvalue weighted by Crippen LogP contribution is -2.21. The van der Waals surface area contributed by atoms with Gasteiger partial charge in [-0.25, -0.2) is 0 Å². The van der Waals surface area contributed by atoms with Crippen molar-refractivity contribution in [3.8, 4) is 11.5 Å². The van der Waals surface area contributed by atoms with Crippen LogP contribution in [0.3, 0.4) is 0 Å². The molecule has 1 aliphatic heterocycles. The van der Waals surface area contributed by atoms with Gasteiger partial charge in [0.1, 0.15) is 6.61 Å². The average Bonchev–Trinajstić information content (AvgIpc) is 2.39. The first-order chi connectivity index (χ1) is 8.33. The molecule has 0 N–H and O–H groups in total. The van der Waals surface area contributed by atoms with Crippen molar-refractivity contribution in [3.05, 3.63) is 59.7 Å². The largest absolute Gasteiger partial charge is 0.485 e. The Morgan fingerprint density at radius 3 is 2.65 bits per heavy atom. The summed E-state index contributed by atoms with van der Waals surface area (Å²) in [5, 5.41) is 0. The molecule has 3 rings (SSSR count). The highest BCUT2D eigenvalue weighted by atomic mass is 16.6. The standard InChI is InChI=1S/C15H14O2/c1-11-7-8-13-14(9-11)17-15(10-16-13)12-5-3-2-4-6-12/h2-9,15H,10H2,1H3. The van der Waals surface area contributed by atoms with Crippen LogP contribution in [0, 0.1) is 6.92 Å². The number of hydrogen-bond acceptors (Lipinski definition) is 2. The van der Waals surface area contributed by atoms with E-state index < -0.39 is 0 Å². The first-order valence-corrected chi connectivity index (χ1v) is 5.78. The van der Waals surface area contributed by atoms with E-state index in [4.69, 9.17) is 9.47 Å². The Bertz CT molecular complexity index is 520. The monoisotopic (exact) mass is 226 g/mol. The van der Waals surface area contributed by atoms with Crippen LogP contribution in [-0.4, -0.2) is 6.61 Å². The molecule has 0 aliphatic carbocycles. The van der Waals surface area contributed by atoms with Crippen molar-refractivity contribution in [2.24, 2.45) is 0 Å². The molecule has 0 saturated heterocycles. The Hall–Kier alpha value is -1.96. The van der Waals surface area contributed by atoms with E-state index in [9.17, 15) is 0 Å². The van der Waals surface area contributed by atoms with E-state index in [-0.39, 0.29) is 6.10 Å². The molecule has 0 aromatic heterocycles. The normalized spacial score (nSPS) is 17.8. The van der Waals surface area contributed by atoms with E-state index in [0.717, 1.165) is 17.1 Å². The lowest BCUT2D eigenvalue weighted by molar-refractivity contribution is 0.0912. The molecule has 1 aliphatic rings. The average molecular weight is 226 g/mol. The van der Waals surface area contributed by atoms with Gasteiger partial charge in [0, 0.05) is 0 Å². The van der Waals surface area contributed by atoms with Gasteiger partial charge < -0.3 is 9.47 Å². The van der Waals surface area contributed by atoms with Crippen molar-refractivity contribution in [1.82, 2.24) is 0 Å². The maximum absolute atomic E-state index is 5.97. The quantitative estimate of drug-likeness (QED) is 0.740. The molecule has 0 fully saturated rings. The van der Waals surface area contributed by atoms with Crippen LogP contribution >= 0.6 is 0 Å². The number of rotatable bonds is 1. The topological polar surface area (TPSA) is 18.5 Å². The van der Waals surface area contributed by atoms with Gasteiger partial charge >= 0.3 is 0 Å². The van der Waals surface area contributed by atoms with Gasteiger partial charge in [0.05, 0.1) is 0 Å². The Morgan fingerprint density at radius 1 is 1.00 bits per heavy atom. The van der Waals surface area contributed by atoms with Gasteiger partial charge in [-0.05, 0) is 30.2 Å². The number of benzene rings is 2. The summed E-state index contributed by atoms with van der Waals surface area (Å²) in [6, 6.07) is 16.2. The summed E-state index contributed by atoms with van der Waals surface area (Å²) in [5.41, 5.74) is 2.33. The maximum atomic E-state index is 5.97. The fraction of sp³-hybridized carbons (Fsp3) is 0.200. The number of ether oxygens (including phenoxy) is 2. The van der Waals surface area contributed by atoms with Crippen molar-refractivity contribution < 1.29 is 9.47 Å². The third kappa shape index (κ3) is 1.98. The van der Waals surface area contributed by atoms with Gasteiger partial charge in [0.2, 0.25) is 0 Å². The SMILES string of the molecule is Cc1ccc2c(c1)OC(c1ccccc1)CO2. The summed E-state index contributed by atoms with van der Waals surface area (Å²) in [6.45, 7) is 2.62. The molecule has 0 spiro atoms. The molecule has 2 aromatic carbocycles. The highest BCUT2D eigenvalue weighted by molar-refractivity contribution is 5.44. The fourth-order valence-corrected chi connectivity index (χ4v) is 2.01. The Morgan fingerprint density at radius 2 is 1.82 bits per heavy atom. The van der Waals surface area contributed by atoms with Gasteiger partial charge in [-0.3, -0.25) is 0 Å². The lowest BCUT2D eigenvalue weighted by atomic mass is 10.1. The summed E-state index contributed by atoms with van der Waals surface area (Å²) >= 11 is 0. The molecule has 1 heterocycles. The molecule has 17 heavy (non-hydrogen) atoms. The fourth-order valence-electron chi connectivity index (χ4n) is 2.01. The minimum Gasteiger partial charge on any atom is -0.485 e. The Labute approximate surface area is 101 Å². The molecule has 1 unspecified atom stereocenters. The number of fused-ring (bicyclic) bond motifs is 1. The Kier molecular flexibility index (Phi) is 2.48. The minimum atomic E-state index is -0.00880. The first kappa shape index (κ1) is 10.2. The van der Waals surface area contributed by atoms with Crippen molar-refractivity contribution in [1.29, 1.82) is 0 Å². The molecular weight excluding hydrogens is 212 g/mol.